The normalized spacial score (nSPS) is 20.6. The van der Waals surface area contributed by atoms with Gasteiger partial charge in [-0.05, 0) is 31.3 Å². The second kappa shape index (κ2) is 6.99. The first kappa shape index (κ1) is 14.5. The van der Waals surface area contributed by atoms with E-state index in [1.54, 1.807) is 11.3 Å². The van der Waals surface area contributed by atoms with Gasteiger partial charge in [-0.1, -0.05) is 6.07 Å². The van der Waals surface area contributed by atoms with Crippen LogP contribution in [0.2, 0.25) is 0 Å². The van der Waals surface area contributed by atoms with E-state index >= 15 is 0 Å². The van der Waals surface area contributed by atoms with Crippen molar-refractivity contribution in [1.82, 2.24) is 10.6 Å². The maximum Gasteiger partial charge on any atom is 0.224 e. The number of rotatable bonds is 4. The lowest BCUT2D eigenvalue weighted by atomic mass is 10.1. The molecule has 0 radical (unpaired) electrons. The van der Waals surface area contributed by atoms with Gasteiger partial charge < -0.3 is 10.6 Å². The maximum absolute atomic E-state index is 11.8. The monoisotopic (exact) mass is 274 g/mol. The van der Waals surface area contributed by atoms with Crippen LogP contribution in [0.3, 0.4) is 0 Å². The van der Waals surface area contributed by atoms with Crippen LogP contribution in [0.15, 0.2) is 17.5 Å². The molecule has 2 N–H and O–H groups in total. The molecule has 17 heavy (non-hydrogen) atoms. The molecule has 1 aliphatic rings. The largest absolute Gasteiger partial charge is 0.353 e. The fourth-order valence-corrected chi connectivity index (χ4v) is 2.86. The molecule has 1 aromatic heterocycles. The van der Waals surface area contributed by atoms with Crippen molar-refractivity contribution in [3.63, 3.8) is 0 Å². The number of hydrogen-bond acceptors (Lipinski definition) is 3. The standard InChI is InChI=1S/C12H18N2OS.ClH/c1-9(7-11-3-2-6-16-11)14-12(15)10-4-5-13-8-10;/h2-3,6,9-10,13H,4-5,7-8H2,1H3,(H,14,15);1H. The Hall–Kier alpha value is -0.580. The van der Waals surface area contributed by atoms with Gasteiger partial charge >= 0.3 is 0 Å². The summed E-state index contributed by atoms with van der Waals surface area (Å²) in [5, 5.41) is 8.38. The van der Waals surface area contributed by atoms with E-state index < -0.39 is 0 Å². The Morgan fingerprint density at radius 2 is 2.53 bits per heavy atom. The third kappa shape index (κ3) is 4.30. The SMILES string of the molecule is CC(Cc1cccs1)NC(=O)C1CCNC1.Cl. The van der Waals surface area contributed by atoms with Gasteiger partial charge in [0, 0.05) is 23.9 Å². The fourth-order valence-electron chi connectivity index (χ4n) is 2.02. The smallest absolute Gasteiger partial charge is 0.224 e. The second-order valence-electron chi connectivity index (χ2n) is 4.38. The lowest BCUT2D eigenvalue weighted by molar-refractivity contribution is -0.125. The van der Waals surface area contributed by atoms with E-state index in [1.807, 2.05) is 0 Å². The van der Waals surface area contributed by atoms with Gasteiger partial charge in [-0.2, -0.15) is 0 Å². The summed E-state index contributed by atoms with van der Waals surface area (Å²) in [4.78, 5) is 13.2. The summed E-state index contributed by atoms with van der Waals surface area (Å²) in [7, 11) is 0. The molecule has 5 heteroatoms. The van der Waals surface area contributed by atoms with Crippen LogP contribution < -0.4 is 10.6 Å². The van der Waals surface area contributed by atoms with Crippen molar-refractivity contribution in [2.45, 2.75) is 25.8 Å². The van der Waals surface area contributed by atoms with Crippen LogP contribution in [0.25, 0.3) is 0 Å². The highest BCUT2D eigenvalue weighted by molar-refractivity contribution is 7.09. The first-order valence-corrected chi connectivity index (χ1v) is 6.67. The molecule has 2 rings (SSSR count). The molecule has 0 bridgehead atoms. The van der Waals surface area contributed by atoms with Crippen molar-refractivity contribution < 1.29 is 4.79 Å². The van der Waals surface area contributed by atoms with E-state index in [2.05, 4.69) is 35.1 Å². The Bertz CT molecular complexity index is 336. The molecule has 1 saturated heterocycles. The Morgan fingerprint density at radius 3 is 3.12 bits per heavy atom. The molecule has 1 aliphatic heterocycles. The molecular weight excluding hydrogens is 256 g/mol. The number of halogens is 1. The number of thiophene rings is 1. The van der Waals surface area contributed by atoms with Crippen LogP contribution in [0, 0.1) is 5.92 Å². The van der Waals surface area contributed by atoms with E-state index in [4.69, 9.17) is 0 Å². The number of carbonyl (C=O) groups is 1. The Morgan fingerprint density at radius 1 is 1.71 bits per heavy atom. The highest BCUT2D eigenvalue weighted by Crippen LogP contribution is 2.12. The summed E-state index contributed by atoms with van der Waals surface area (Å²) in [5.74, 6) is 0.375. The van der Waals surface area contributed by atoms with E-state index in [1.165, 1.54) is 4.88 Å². The molecule has 0 aliphatic carbocycles. The number of nitrogens with one attached hydrogen (secondary N) is 2. The maximum atomic E-state index is 11.8. The number of hydrogen-bond donors (Lipinski definition) is 2. The fraction of sp³-hybridized carbons (Fsp3) is 0.583. The van der Waals surface area contributed by atoms with Crippen LogP contribution >= 0.6 is 23.7 Å². The van der Waals surface area contributed by atoms with Gasteiger partial charge in [0.05, 0.1) is 5.92 Å². The molecule has 1 aromatic rings. The third-order valence-electron chi connectivity index (χ3n) is 2.91. The van der Waals surface area contributed by atoms with Gasteiger partial charge in [0.1, 0.15) is 0 Å². The van der Waals surface area contributed by atoms with E-state index in [0.29, 0.717) is 0 Å². The Labute approximate surface area is 112 Å². The van der Waals surface area contributed by atoms with E-state index in [0.717, 1.165) is 25.9 Å². The molecule has 1 fully saturated rings. The average Bonchev–Trinajstić information content (AvgIpc) is 2.88. The predicted molar refractivity (Wildman–Crippen MR) is 73.9 cm³/mol. The minimum absolute atomic E-state index is 0. The highest BCUT2D eigenvalue weighted by atomic mass is 35.5. The molecule has 0 saturated carbocycles. The quantitative estimate of drug-likeness (QED) is 0.880. The molecule has 3 nitrogen and oxygen atoms in total. The summed E-state index contributed by atoms with van der Waals surface area (Å²) in [6, 6.07) is 4.40. The molecule has 0 aromatic carbocycles. The molecule has 1 amide bonds. The molecule has 0 spiro atoms. The number of carbonyl (C=O) groups excluding carboxylic acids is 1. The molecule has 2 atom stereocenters. The van der Waals surface area contributed by atoms with Crippen molar-refractivity contribution in [2.24, 2.45) is 5.92 Å². The van der Waals surface area contributed by atoms with Crippen molar-refractivity contribution in [3.05, 3.63) is 22.4 Å². The zero-order valence-electron chi connectivity index (χ0n) is 9.94. The lowest BCUT2D eigenvalue weighted by Gasteiger charge is -2.15. The van der Waals surface area contributed by atoms with Gasteiger partial charge in [0.15, 0.2) is 0 Å². The van der Waals surface area contributed by atoms with Gasteiger partial charge in [0.25, 0.3) is 0 Å². The second-order valence-corrected chi connectivity index (χ2v) is 5.42. The first-order chi connectivity index (χ1) is 7.75. The molecule has 2 heterocycles. The van der Waals surface area contributed by atoms with Crippen LogP contribution in [0.5, 0.6) is 0 Å². The summed E-state index contributed by atoms with van der Waals surface area (Å²) in [6.07, 6.45) is 1.90. The van der Waals surface area contributed by atoms with Crippen molar-refractivity contribution in [2.75, 3.05) is 13.1 Å². The van der Waals surface area contributed by atoms with Gasteiger partial charge in [-0.25, -0.2) is 0 Å². The van der Waals surface area contributed by atoms with Gasteiger partial charge in [-0.15, -0.1) is 23.7 Å². The topological polar surface area (TPSA) is 41.1 Å². The van der Waals surface area contributed by atoms with Gasteiger partial charge in [0.2, 0.25) is 5.91 Å². The zero-order chi connectivity index (χ0) is 11.4. The van der Waals surface area contributed by atoms with E-state index in [9.17, 15) is 4.79 Å². The molecule has 2 unspecified atom stereocenters. The minimum Gasteiger partial charge on any atom is -0.353 e. The molecular formula is C12H19ClN2OS. The van der Waals surface area contributed by atoms with Gasteiger partial charge in [-0.3, -0.25) is 4.79 Å². The summed E-state index contributed by atoms with van der Waals surface area (Å²) >= 11 is 1.75. The summed E-state index contributed by atoms with van der Waals surface area (Å²) < 4.78 is 0. The van der Waals surface area contributed by atoms with Crippen LogP contribution in [-0.2, 0) is 11.2 Å². The average molecular weight is 275 g/mol. The Balaban J connectivity index is 0.00000144. The zero-order valence-corrected chi connectivity index (χ0v) is 11.6. The lowest BCUT2D eigenvalue weighted by Crippen LogP contribution is -2.38. The van der Waals surface area contributed by atoms with E-state index in [-0.39, 0.29) is 30.3 Å². The van der Waals surface area contributed by atoms with Crippen LogP contribution in [0.4, 0.5) is 0 Å². The Kier molecular flexibility index (Phi) is 5.95. The predicted octanol–water partition coefficient (Wildman–Crippen LogP) is 1.83. The molecule has 96 valence electrons. The van der Waals surface area contributed by atoms with Crippen LogP contribution in [0.1, 0.15) is 18.2 Å². The van der Waals surface area contributed by atoms with Crippen molar-refractivity contribution in [1.29, 1.82) is 0 Å². The van der Waals surface area contributed by atoms with Crippen molar-refractivity contribution >= 4 is 29.7 Å². The summed E-state index contributed by atoms with van der Waals surface area (Å²) in [6.45, 7) is 3.87. The third-order valence-corrected chi connectivity index (χ3v) is 3.81. The van der Waals surface area contributed by atoms with Crippen molar-refractivity contribution in [3.8, 4) is 0 Å². The first-order valence-electron chi connectivity index (χ1n) is 5.79. The number of amides is 1. The van der Waals surface area contributed by atoms with Crippen LogP contribution in [-0.4, -0.2) is 25.0 Å². The summed E-state index contributed by atoms with van der Waals surface area (Å²) in [5.41, 5.74) is 0. The minimum atomic E-state index is 0. The highest BCUT2D eigenvalue weighted by Gasteiger charge is 2.23.